The van der Waals surface area contributed by atoms with E-state index >= 15 is 0 Å². The van der Waals surface area contributed by atoms with Crippen LogP contribution < -0.4 is 9.47 Å². The van der Waals surface area contributed by atoms with E-state index in [9.17, 15) is 5.11 Å². The van der Waals surface area contributed by atoms with Gasteiger partial charge < -0.3 is 14.6 Å². The van der Waals surface area contributed by atoms with Crippen LogP contribution in [0.5, 0.6) is 11.6 Å². The van der Waals surface area contributed by atoms with E-state index in [-0.39, 0.29) is 0 Å². The minimum Gasteiger partial charge on any atom is -0.497 e. The monoisotopic (exact) mass is 326 g/mol. The number of nitrogens with zero attached hydrogens (tertiary/aromatic N) is 2. The van der Waals surface area contributed by atoms with Gasteiger partial charge >= 0.3 is 0 Å². The van der Waals surface area contributed by atoms with Gasteiger partial charge in [0.25, 0.3) is 0 Å². The number of methoxy groups -OCH3 is 1. The molecule has 0 amide bonds. The zero-order chi connectivity index (χ0) is 17.4. The number of aliphatic hydroxyl groups excluding tert-OH is 1. The van der Waals surface area contributed by atoms with E-state index in [1.165, 1.54) is 0 Å². The molecule has 0 fully saturated rings. The molecule has 0 bridgehead atoms. The zero-order valence-electron chi connectivity index (χ0n) is 14.0. The van der Waals surface area contributed by atoms with Gasteiger partial charge in [-0.3, -0.25) is 0 Å². The molecule has 0 aliphatic carbocycles. The lowest BCUT2D eigenvalue weighted by Crippen LogP contribution is -2.06. The van der Waals surface area contributed by atoms with Gasteiger partial charge in [0.1, 0.15) is 18.2 Å². The molecule has 126 valence electrons. The Balaban J connectivity index is 2.00. The summed E-state index contributed by atoms with van der Waals surface area (Å²) in [5, 5.41) is 10.2. The maximum absolute atomic E-state index is 10.2. The number of unbranched alkanes of at least 4 members (excludes halogenated alkanes) is 1. The Kier molecular flexibility index (Phi) is 6.59. The number of rotatable bonds is 8. The van der Waals surface area contributed by atoms with Gasteiger partial charge in [-0.15, -0.1) is 12.3 Å². The van der Waals surface area contributed by atoms with Crippen LogP contribution in [0, 0.1) is 19.3 Å². The molecule has 5 heteroatoms. The summed E-state index contributed by atoms with van der Waals surface area (Å²) in [5.41, 5.74) is 1.56. The van der Waals surface area contributed by atoms with Crippen molar-refractivity contribution in [2.45, 2.75) is 38.9 Å². The highest BCUT2D eigenvalue weighted by atomic mass is 16.5. The van der Waals surface area contributed by atoms with Crippen molar-refractivity contribution < 1.29 is 14.6 Å². The number of aliphatic hydroxyl groups is 1. The van der Waals surface area contributed by atoms with Crippen LogP contribution >= 0.6 is 0 Å². The largest absolute Gasteiger partial charge is 0.497 e. The van der Waals surface area contributed by atoms with E-state index in [4.69, 9.17) is 15.9 Å². The Bertz CT molecular complexity index is 693. The Morgan fingerprint density at radius 2 is 2.00 bits per heavy atom. The number of benzene rings is 1. The Morgan fingerprint density at radius 3 is 2.67 bits per heavy atom. The molecule has 1 aromatic heterocycles. The smallest absolute Gasteiger partial charge is 0.217 e. The highest BCUT2D eigenvalue weighted by Crippen LogP contribution is 2.21. The minimum atomic E-state index is -0.664. The van der Waals surface area contributed by atoms with Gasteiger partial charge in [0.05, 0.1) is 18.9 Å². The Morgan fingerprint density at radius 1 is 1.25 bits per heavy atom. The van der Waals surface area contributed by atoms with Crippen molar-refractivity contribution in [2.75, 3.05) is 7.11 Å². The Hall–Kier alpha value is -2.58. The fourth-order valence-corrected chi connectivity index (χ4v) is 2.23. The van der Waals surface area contributed by atoms with E-state index in [1.54, 1.807) is 20.1 Å². The molecule has 24 heavy (non-hydrogen) atoms. The van der Waals surface area contributed by atoms with Crippen molar-refractivity contribution in [2.24, 2.45) is 0 Å². The van der Waals surface area contributed by atoms with Crippen molar-refractivity contribution in [3.05, 3.63) is 47.4 Å². The molecule has 1 N–H and O–H groups in total. The first-order chi connectivity index (χ1) is 11.6. The van der Waals surface area contributed by atoms with Crippen LogP contribution in [-0.4, -0.2) is 22.2 Å². The number of ether oxygens (including phenoxy) is 2. The SMILES string of the molecule is C#CCCCC(O)c1cc(OCc2ccc(OC)cc2)nc(C)n1. The molecule has 0 radical (unpaired) electrons. The predicted octanol–water partition coefficient (Wildman–Crippen LogP) is 3.21. The fraction of sp³-hybridized carbons (Fsp3) is 0.368. The average Bonchev–Trinajstić information content (AvgIpc) is 2.60. The van der Waals surface area contributed by atoms with E-state index in [2.05, 4.69) is 15.9 Å². The summed E-state index contributed by atoms with van der Waals surface area (Å²) in [6.45, 7) is 2.16. The van der Waals surface area contributed by atoms with Crippen LogP contribution in [0.1, 0.15) is 42.4 Å². The number of aromatic nitrogens is 2. The summed E-state index contributed by atoms with van der Waals surface area (Å²) in [4.78, 5) is 8.54. The lowest BCUT2D eigenvalue weighted by molar-refractivity contribution is 0.159. The molecule has 2 rings (SSSR count). The molecule has 0 spiro atoms. The summed E-state index contributed by atoms with van der Waals surface area (Å²) in [7, 11) is 1.63. The van der Waals surface area contributed by atoms with Crippen LogP contribution in [0.25, 0.3) is 0 Å². The second kappa shape index (κ2) is 8.90. The van der Waals surface area contributed by atoms with Gasteiger partial charge in [0.15, 0.2) is 0 Å². The summed E-state index contributed by atoms with van der Waals surface area (Å²) in [6, 6.07) is 9.30. The molecule has 2 aromatic rings. The van der Waals surface area contributed by atoms with E-state index in [1.807, 2.05) is 24.3 Å². The van der Waals surface area contributed by atoms with Crippen LogP contribution in [0.2, 0.25) is 0 Å². The molecule has 0 saturated heterocycles. The maximum atomic E-state index is 10.2. The lowest BCUT2D eigenvalue weighted by Gasteiger charge is -2.12. The van der Waals surface area contributed by atoms with Crippen molar-refractivity contribution >= 4 is 0 Å². The van der Waals surface area contributed by atoms with Crippen molar-refractivity contribution in [1.29, 1.82) is 0 Å². The Labute approximate surface area is 142 Å². The van der Waals surface area contributed by atoms with Gasteiger partial charge in [-0.25, -0.2) is 4.98 Å². The van der Waals surface area contributed by atoms with Gasteiger partial charge in [0, 0.05) is 12.5 Å². The molecule has 1 heterocycles. The molecule has 1 atom stereocenters. The van der Waals surface area contributed by atoms with E-state index in [0.29, 0.717) is 36.8 Å². The van der Waals surface area contributed by atoms with Crippen molar-refractivity contribution in [3.8, 4) is 24.0 Å². The van der Waals surface area contributed by atoms with E-state index < -0.39 is 6.10 Å². The number of aryl methyl sites for hydroxylation is 1. The number of hydrogen-bond donors (Lipinski definition) is 1. The summed E-state index contributed by atoms with van der Waals surface area (Å²) in [5.74, 6) is 4.38. The van der Waals surface area contributed by atoms with Gasteiger partial charge in [-0.1, -0.05) is 12.1 Å². The molecular formula is C19H22N2O3. The second-order valence-electron chi connectivity index (χ2n) is 5.43. The lowest BCUT2D eigenvalue weighted by atomic mass is 10.1. The second-order valence-corrected chi connectivity index (χ2v) is 5.43. The predicted molar refractivity (Wildman–Crippen MR) is 91.7 cm³/mol. The third kappa shape index (κ3) is 5.25. The first kappa shape index (κ1) is 17.8. The standard InChI is InChI=1S/C19H22N2O3/c1-4-5-6-7-18(22)17-12-19(21-14(2)20-17)24-13-15-8-10-16(23-3)11-9-15/h1,8-12,18,22H,5-7,13H2,2-3H3. The molecule has 0 saturated carbocycles. The van der Waals surface area contributed by atoms with Crippen LogP contribution in [-0.2, 0) is 6.61 Å². The molecular weight excluding hydrogens is 304 g/mol. The third-order valence-corrected chi connectivity index (χ3v) is 3.52. The number of hydrogen-bond acceptors (Lipinski definition) is 5. The molecule has 1 unspecified atom stereocenters. The first-order valence-electron chi connectivity index (χ1n) is 7.85. The van der Waals surface area contributed by atoms with Gasteiger partial charge in [0.2, 0.25) is 5.88 Å². The highest BCUT2D eigenvalue weighted by molar-refractivity contribution is 5.27. The molecule has 0 aliphatic heterocycles. The van der Waals surface area contributed by atoms with Crippen molar-refractivity contribution in [1.82, 2.24) is 9.97 Å². The maximum Gasteiger partial charge on any atom is 0.217 e. The quantitative estimate of drug-likeness (QED) is 0.596. The van der Waals surface area contributed by atoms with Gasteiger partial charge in [-0.05, 0) is 37.5 Å². The third-order valence-electron chi connectivity index (χ3n) is 3.52. The average molecular weight is 326 g/mol. The minimum absolute atomic E-state index is 0.382. The van der Waals surface area contributed by atoms with Crippen LogP contribution in [0.4, 0.5) is 0 Å². The summed E-state index contributed by atoms with van der Waals surface area (Å²) in [6.07, 6.45) is 6.53. The first-order valence-corrected chi connectivity index (χ1v) is 7.85. The fourth-order valence-electron chi connectivity index (χ4n) is 2.23. The normalized spacial score (nSPS) is 11.6. The van der Waals surface area contributed by atoms with E-state index in [0.717, 1.165) is 17.7 Å². The molecule has 1 aromatic carbocycles. The number of terminal acetylenes is 1. The molecule has 0 aliphatic rings. The van der Waals surface area contributed by atoms with Crippen LogP contribution in [0.15, 0.2) is 30.3 Å². The van der Waals surface area contributed by atoms with Crippen LogP contribution in [0.3, 0.4) is 0 Å². The van der Waals surface area contributed by atoms with Gasteiger partial charge in [-0.2, -0.15) is 4.98 Å². The topological polar surface area (TPSA) is 64.5 Å². The highest BCUT2D eigenvalue weighted by Gasteiger charge is 2.12. The molecule has 5 nitrogen and oxygen atoms in total. The summed E-state index contributed by atoms with van der Waals surface area (Å²) >= 11 is 0. The summed E-state index contributed by atoms with van der Waals surface area (Å²) < 4.78 is 10.9. The zero-order valence-corrected chi connectivity index (χ0v) is 14.0. The van der Waals surface area contributed by atoms with Crippen molar-refractivity contribution in [3.63, 3.8) is 0 Å².